The molecule has 140 valence electrons. The van der Waals surface area contributed by atoms with Crippen LogP contribution in [0.5, 0.6) is 0 Å². The van der Waals surface area contributed by atoms with Gasteiger partial charge in [-0.3, -0.25) is 4.79 Å². The first kappa shape index (κ1) is 18.9. The minimum absolute atomic E-state index is 0.180. The molecule has 1 aliphatic rings. The van der Waals surface area contributed by atoms with Gasteiger partial charge in [-0.05, 0) is 32.3 Å². The van der Waals surface area contributed by atoms with Gasteiger partial charge in [-0.1, -0.05) is 18.7 Å². The summed E-state index contributed by atoms with van der Waals surface area (Å²) in [7, 11) is 1.33. The zero-order chi connectivity index (χ0) is 18.7. The summed E-state index contributed by atoms with van der Waals surface area (Å²) < 4.78 is 6.89. The van der Waals surface area contributed by atoms with Crippen LogP contribution in [0.2, 0.25) is 0 Å². The molecule has 9 heteroatoms. The van der Waals surface area contributed by atoms with E-state index in [4.69, 9.17) is 4.74 Å². The van der Waals surface area contributed by atoms with Gasteiger partial charge in [-0.2, -0.15) is 0 Å². The number of hydrogen-bond donors (Lipinski definition) is 1. The smallest absolute Gasteiger partial charge is 0.340 e. The highest BCUT2D eigenvalue weighted by Crippen LogP contribution is 2.40. The Balaban J connectivity index is 1.64. The van der Waals surface area contributed by atoms with E-state index in [1.165, 1.54) is 43.1 Å². The average molecular weight is 395 g/mol. The fourth-order valence-corrected chi connectivity index (χ4v) is 4.33. The van der Waals surface area contributed by atoms with E-state index in [-0.39, 0.29) is 11.7 Å². The molecule has 0 radical (unpaired) electrons. The maximum absolute atomic E-state index is 12.3. The molecule has 1 aliphatic carbocycles. The number of nitrogens with one attached hydrogen (secondary N) is 1. The third kappa shape index (κ3) is 4.27. The summed E-state index contributed by atoms with van der Waals surface area (Å²) in [6, 6.07) is 1.72. The van der Waals surface area contributed by atoms with Crippen molar-refractivity contribution in [2.45, 2.75) is 50.7 Å². The summed E-state index contributed by atoms with van der Waals surface area (Å²) >= 11 is 2.73. The number of ether oxygens (including phenoxy) is 1. The Morgan fingerprint density at radius 2 is 2.19 bits per heavy atom. The molecule has 0 bridgehead atoms. The van der Waals surface area contributed by atoms with Crippen molar-refractivity contribution in [3.05, 3.63) is 22.3 Å². The Bertz CT molecular complexity index is 811. The highest BCUT2D eigenvalue weighted by atomic mass is 32.2. The molecule has 2 aromatic heterocycles. The standard InChI is InChI=1S/C17H22N4O3S2/c1-4-7-21-14(11-5-6-11)19-20-17(21)25-9-13(22)18-15-12(16(23)24-3)8-10(2)26-15/h8,11H,4-7,9H2,1-3H3,(H,18,22). The van der Waals surface area contributed by atoms with E-state index in [1.54, 1.807) is 6.07 Å². The lowest BCUT2D eigenvalue weighted by molar-refractivity contribution is -0.113. The van der Waals surface area contributed by atoms with E-state index >= 15 is 0 Å². The predicted octanol–water partition coefficient (Wildman–Crippen LogP) is 3.45. The van der Waals surface area contributed by atoms with Gasteiger partial charge in [-0.25, -0.2) is 4.79 Å². The molecule has 1 amide bonds. The number of hydrogen-bond acceptors (Lipinski definition) is 7. The fraction of sp³-hybridized carbons (Fsp3) is 0.529. The molecule has 2 heterocycles. The molecule has 0 aliphatic heterocycles. The first-order chi connectivity index (χ1) is 12.5. The van der Waals surface area contributed by atoms with Gasteiger partial charge in [0.25, 0.3) is 0 Å². The van der Waals surface area contributed by atoms with Crippen LogP contribution >= 0.6 is 23.1 Å². The average Bonchev–Trinajstić information content (AvgIpc) is 3.29. The highest BCUT2D eigenvalue weighted by molar-refractivity contribution is 7.99. The molecule has 0 atom stereocenters. The number of anilines is 1. The van der Waals surface area contributed by atoms with Gasteiger partial charge < -0.3 is 14.6 Å². The van der Waals surface area contributed by atoms with Crippen LogP contribution < -0.4 is 5.32 Å². The summed E-state index contributed by atoms with van der Waals surface area (Å²) in [5.74, 6) is 1.14. The van der Waals surface area contributed by atoms with Crippen molar-refractivity contribution in [2.75, 3.05) is 18.2 Å². The maximum atomic E-state index is 12.3. The molecule has 1 saturated carbocycles. The van der Waals surface area contributed by atoms with E-state index in [1.807, 2.05) is 6.92 Å². The number of methoxy groups -OCH3 is 1. The molecule has 26 heavy (non-hydrogen) atoms. The van der Waals surface area contributed by atoms with Gasteiger partial charge in [-0.15, -0.1) is 21.5 Å². The van der Waals surface area contributed by atoms with Crippen molar-refractivity contribution in [3.63, 3.8) is 0 Å². The van der Waals surface area contributed by atoms with Crippen molar-refractivity contribution in [2.24, 2.45) is 0 Å². The van der Waals surface area contributed by atoms with E-state index in [0.29, 0.717) is 16.5 Å². The minimum Gasteiger partial charge on any atom is -0.465 e. The Kier molecular flexibility index (Phi) is 5.98. The lowest BCUT2D eigenvalue weighted by atomic mass is 10.3. The van der Waals surface area contributed by atoms with Crippen LogP contribution in [0.1, 0.15) is 53.2 Å². The zero-order valence-electron chi connectivity index (χ0n) is 15.1. The summed E-state index contributed by atoms with van der Waals surface area (Å²) in [5.41, 5.74) is 0.388. The Labute approximate surface area is 160 Å². The molecule has 2 aromatic rings. The molecule has 3 rings (SSSR count). The van der Waals surface area contributed by atoms with Gasteiger partial charge in [0.05, 0.1) is 18.4 Å². The number of rotatable bonds is 8. The van der Waals surface area contributed by atoms with Crippen LogP contribution in [-0.2, 0) is 16.1 Å². The SMILES string of the molecule is CCCn1c(SCC(=O)Nc2sc(C)cc2C(=O)OC)nnc1C1CC1. The van der Waals surface area contributed by atoms with Crippen molar-refractivity contribution < 1.29 is 14.3 Å². The lowest BCUT2D eigenvalue weighted by Crippen LogP contribution is -2.16. The van der Waals surface area contributed by atoms with Crippen LogP contribution in [0, 0.1) is 6.92 Å². The van der Waals surface area contributed by atoms with Crippen molar-refractivity contribution in [1.29, 1.82) is 0 Å². The van der Waals surface area contributed by atoms with Crippen LogP contribution in [-0.4, -0.2) is 39.5 Å². The predicted molar refractivity (Wildman–Crippen MR) is 102 cm³/mol. The minimum atomic E-state index is -0.450. The number of thiophene rings is 1. The molecule has 1 N–H and O–H groups in total. The van der Waals surface area contributed by atoms with Gasteiger partial charge in [0.2, 0.25) is 5.91 Å². The lowest BCUT2D eigenvalue weighted by Gasteiger charge is -2.08. The topological polar surface area (TPSA) is 86.1 Å². The second kappa shape index (κ2) is 8.22. The summed E-state index contributed by atoms with van der Waals surface area (Å²) in [6.07, 6.45) is 3.33. The Hall–Kier alpha value is -1.87. The molecular formula is C17H22N4O3S2. The fourth-order valence-electron chi connectivity index (χ4n) is 2.65. The Morgan fingerprint density at radius 3 is 2.85 bits per heavy atom. The molecular weight excluding hydrogens is 372 g/mol. The van der Waals surface area contributed by atoms with Crippen LogP contribution in [0.4, 0.5) is 5.00 Å². The summed E-state index contributed by atoms with van der Waals surface area (Å²) in [5, 5.41) is 12.7. The molecule has 7 nitrogen and oxygen atoms in total. The normalized spacial score (nSPS) is 13.7. The van der Waals surface area contributed by atoms with Crippen molar-refractivity contribution in [1.82, 2.24) is 14.8 Å². The Morgan fingerprint density at radius 1 is 1.42 bits per heavy atom. The molecule has 0 unspecified atom stereocenters. The maximum Gasteiger partial charge on any atom is 0.340 e. The van der Waals surface area contributed by atoms with E-state index in [0.717, 1.165) is 28.8 Å². The summed E-state index contributed by atoms with van der Waals surface area (Å²) in [4.78, 5) is 25.1. The third-order valence-corrected chi connectivity index (χ3v) is 5.91. The first-order valence-electron chi connectivity index (χ1n) is 8.58. The third-order valence-electron chi connectivity index (χ3n) is 3.98. The molecule has 0 spiro atoms. The van der Waals surface area contributed by atoms with Gasteiger partial charge >= 0.3 is 5.97 Å². The van der Waals surface area contributed by atoms with Gasteiger partial charge in [0, 0.05) is 17.3 Å². The number of aromatic nitrogens is 3. The molecule has 1 fully saturated rings. The number of carbonyl (C=O) groups is 2. The number of aryl methyl sites for hydroxylation is 1. The van der Waals surface area contributed by atoms with E-state index < -0.39 is 5.97 Å². The summed E-state index contributed by atoms with van der Waals surface area (Å²) in [6.45, 7) is 4.86. The monoisotopic (exact) mass is 394 g/mol. The zero-order valence-corrected chi connectivity index (χ0v) is 16.7. The van der Waals surface area contributed by atoms with Crippen LogP contribution in [0.25, 0.3) is 0 Å². The van der Waals surface area contributed by atoms with Gasteiger partial charge in [0.1, 0.15) is 10.8 Å². The van der Waals surface area contributed by atoms with Crippen molar-refractivity contribution in [3.8, 4) is 0 Å². The largest absolute Gasteiger partial charge is 0.465 e. The number of nitrogens with zero attached hydrogens (tertiary/aromatic N) is 3. The molecule has 0 saturated heterocycles. The number of carbonyl (C=O) groups excluding carboxylic acids is 2. The second-order valence-corrected chi connectivity index (χ2v) is 8.39. The van der Waals surface area contributed by atoms with E-state index in [2.05, 4.69) is 27.0 Å². The quantitative estimate of drug-likeness (QED) is 0.545. The van der Waals surface area contributed by atoms with Crippen molar-refractivity contribution >= 4 is 40.0 Å². The van der Waals surface area contributed by atoms with Crippen LogP contribution in [0.15, 0.2) is 11.2 Å². The first-order valence-corrected chi connectivity index (χ1v) is 10.4. The van der Waals surface area contributed by atoms with Gasteiger partial charge in [0.15, 0.2) is 5.16 Å². The number of thioether (sulfide) groups is 1. The number of amides is 1. The highest BCUT2D eigenvalue weighted by Gasteiger charge is 2.30. The van der Waals surface area contributed by atoms with E-state index in [9.17, 15) is 9.59 Å². The van der Waals surface area contributed by atoms with Crippen LogP contribution in [0.3, 0.4) is 0 Å². The molecule has 0 aromatic carbocycles. The number of esters is 1. The second-order valence-electron chi connectivity index (χ2n) is 6.19.